The summed E-state index contributed by atoms with van der Waals surface area (Å²) in [5.41, 5.74) is 4.53. The van der Waals surface area contributed by atoms with Gasteiger partial charge in [-0.2, -0.15) is 0 Å². The molecule has 0 aromatic rings. The Hall–Kier alpha value is -1.37. The Morgan fingerprint density at radius 2 is 1.92 bits per heavy atom. The third kappa shape index (κ3) is 1.82. The van der Waals surface area contributed by atoms with Crippen LogP contribution in [-0.4, -0.2) is 38.6 Å². The first-order valence-electron chi connectivity index (χ1n) is 3.43. The van der Waals surface area contributed by atoms with Crippen molar-refractivity contribution in [1.29, 1.82) is 0 Å². The molecule has 12 heavy (non-hydrogen) atoms. The standard InChI is InChI=1S/C5H7BN2O3Si/c7-5(11)12-6-8-3(9)1-2-4(8)10/h1-2,6H,12H2,(H2,7,11). The van der Waals surface area contributed by atoms with Gasteiger partial charge in [-0.15, -0.1) is 0 Å². The van der Waals surface area contributed by atoms with Gasteiger partial charge in [0, 0.05) is 12.2 Å². The lowest BCUT2D eigenvalue weighted by molar-refractivity contribution is -0.131. The predicted molar refractivity (Wildman–Crippen MR) is 46.3 cm³/mol. The Bertz CT molecular complexity index is 260. The van der Waals surface area contributed by atoms with Crippen molar-refractivity contribution >= 4 is 33.7 Å². The molecule has 0 aromatic heterocycles. The summed E-state index contributed by atoms with van der Waals surface area (Å²) in [6.07, 6.45) is 2.38. The Morgan fingerprint density at radius 1 is 1.42 bits per heavy atom. The van der Waals surface area contributed by atoms with E-state index in [0.717, 1.165) is 4.81 Å². The van der Waals surface area contributed by atoms with Gasteiger partial charge in [-0.3, -0.25) is 14.4 Å². The molecule has 0 spiro atoms. The van der Waals surface area contributed by atoms with Crippen LogP contribution in [0.15, 0.2) is 12.2 Å². The third-order valence-corrected chi connectivity index (χ3v) is 2.65. The topological polar surface area (TPSA) is 80.5 Å². The molecule has 2 N–H and O–H groups in total. The smallest absolute Gasteiger partial charge is 0.243 e. The van der Waals surface area contributed by atoms with Gasteiger partial charge in [0.05, 0.1) is 0 Å². The van der Waals surface area contributed by atoms with Gasteiger partial charge < -0.3 is 10.5 Å². The normalized spacial score (nSPS) is 16.5. The van der Waals surface area contributed by atoms with E-state index in [0.29, 0.717) is 0 Å². The zero-order valence-corrected chi connectivity index (χ0v) is 7.73. The number of carbonyl (C=O) groups is 3. The maximum Gasteiger partial charge on any atom is 0.243 e. The molecule has 0 saturated heterocycles. The number of nitrogens with two attached hydrogens (primary N) is 1. The van der Waals surface area contributed by atoms with Crippen LogP contribution in [0.1, 0.15) is 0 Å². The van der Waals surface area contributed by atoms with Crippen LogP contribution in [0.2, 0.25) is 0 Å². The van der Waals surface area contributed by atoms with Gasteiger partial charge in [0.2, 0.25) is 18.8 Å². The van der Waals surface area contributed by atoms with Crippen molar-refractivity contribution in [3.8, 4) is 0 Å². The summed E-state index contributed by atoms with van der Waals surface area (Å²) >= 11 is 0. The number of rotatable bonds is 3. The monoisotopic (exact) mass is 182 g/mol. The summed E-state index contributed by atoms with van der Waals surface area (Å²) in [6.45, 7) is 0. The van der Waals surface area contributed by atoms with E-state index >= 15 is 0 Å². The summed E-state index contributed by atoms with van der Waals surface area (Å²) in [5.74, 6) is -0.706. The predicted octanol–water partition coefficient (Wildman–Crippen LogP) is -2.57. The molecule has 1 aliphatic rings. The van der Waals surface area contributed by atoms with Gasteiger partial charge in [-0.05, 0) is 0 Å². The summed E-state index contributed by atoms with van der Waals surface area (Å²) < 4.78 is 0. The van der Waals surface area contributed by atoms with Crippen LogP contribution >= 0.6 is 0 Å². The van der Waals surface area contributed by atoms with Crippen LogP contribution in [0.25, 0.3) is 0 Å². The van der Waals surface area contributed by atoms with Crippen molar-refractivity contribution in [2.75, 3.05) is 0 Å². The highest BCUT2D eigenvalue weighted by Gasteiger charge is 2.23. The minimum Gasteiger partial charge on any atom is -0.375 e. The van der Waals surface area contributed by atoms with Gasteiger partial charge in [-0.1, -0.05) is 0 Å². The maximum absolute atomic E-state index is 10.9. The van der Waals surface area contributed by atoms with E-state index < -0.39 is 9.39 Å². The molecule has 0 bridgehead atoms. The molecule has 0 saturated carbocycles. The van der Waals surface area contributed by atoms with Crippen molar-refractivity contribution in [1.82, 2.24) is 4.81 Å². The molecule has 5 nitrogen and oxygen atoms in total. The molecule has 0 fully saturated rings. The lowest BCUT2D eigenvalue weighted by Gasteiger charge is -2.09. The quantitative estimate of drug-likeness (QED) is 0.384. The third-order valence-electron chi connectivity index (χ3n) is 1.48. The van der Waals surface area contributed by atoms with Crippen molar-refractivity contribution in [2.45, 2.75) is 0 Å². The SMILES string of the molecule is NC(=O)[SiH2]BN1C(=O)C=CC1=O. The highest BCUT2D eigenvalue weighted by molar-refractivity contribution is 7.15. The van der Waals surface area contributed by atoms with Crippen molar-refractivity contribution in [3.05, 3.63) is 12.2 Å². The zero-order chi connectivity index (χ0) is 9.14. The molecule has 7 heteroatoms. The van der Waals surface area contributed by atoms with Crippen LogP contribution in [0, 0.1) is 0 Å². The summed E-state index contributed by atoms with van der Waals surface area (Å²) in [4.78, 5) is 33.2. The van der Waals surface area contributed by atoms with Crippen molar-refractivity contribution in [2.24, 2.45) is 5.73 Å². The number of carbonyl (C=O) groups excluding carboxylic acids is 3. The Labute approximate surface area is 71.6 Å². The number of hydrogen-bond acceptors (Lipinski definition) is 3. The summed E-state index contributed by atoms with van der Waals surface area (Å²) in [6, 6.07) is 0. The number of primary amides is 1. The number of hydrogen-bond donors (Lipinski definition) is 1. The zero-order valence-electron chi connectivity index (χ0n) is 6.32. The van der Waals surface area contributed by atoms with Crippen LogP contribution in [-0.2, 0) is 9.59 Å². The molecule has 0 radical (unpaired) electrons. The van der Waals surface area contributed by atoms with Crippen LogP contribution in [0.3, 0.4) is 0 Å². The Morgan fingerprint density at radius 3 is 2.33 bits per heavy atom. The number of imide groups is 1. The average Bonchev–Trinajstić information content (AvgIpc) is 2.28. The van der Waals surface area contributed by atoms with Crippen LogP contribution < -0.4 is 5.73 Å². The summed E-state index contributed by atoms with van der Waals surface area (Å²) in [5, 5.41) is 0. The molecule has 0 atom stereocenters. The second-order valence-corrected chi connectivity index (χ2v) is 4.02. The molecule has 1 rings (SSSR count). The van der Waals surface area contributed by atoms with E-state index in [1.54, 1.807) is 0 Å². The van der Waals surface area contributed by atoms with Crippen LogP contribution in [0.5, 0.6) is 0 Å². The first-order valence-corrected chi connectivity index (χ1v) is 5.14. The minimum absolute atomic E-state index is 0.208. The second-order valence-electron chi connectivity index (χ2n) is 2.38. The Balaban J connectivity index is 2.48. The van der Waals surface area contributed by atoms with E-state index in [1.165, 1.54) is 12.2 Å². The van der Waals surface area contributed by atoms with Gasteiger partial charge in [-0.25, -0.2) is 0 Å². The van der Waals surface area contributed by atoms with Crippen LogP contribution in [0.4, 0.5) is 4.79 Å². The first kappa shape index (κ1) is 8.73. The molecule has 0 unspecified atom stereocenters. The Kier molecular flexibility index (Phi) is 2.44. The molecule has 0 aromatic carbocycles. The van der Waals surface area contributed by atoms with Gasteiger partial charge >= 0.3 is 0 Å². The van der Waals surface area contributed by atoms with Crippen molar-refractivity contribution < 1.29 is 14.4 Å². The summed E-state index contributed by atoms with van der Waals surface area (Å²) in [7, 11) is -0.955. The fourth-order valence-electron chi connectivity index (χ4n) is 0.874. The van der Waals surface area contributed by atoms with Crippen molar-refractivity contribution in [3.63, 3.8) is 0 Å². The van der Waals surface area contributed by atoms with E-state index in [1.807, 2.05) is 0 Å². The first-order chi connectivity index (χ1) is 5.61. The maximum atomic E-state index is 10.9. The van der Waals surface area contributed by atoms with E-state index in [-0.39, 0.29) is 24.4 Å². The molecule has 0 aliphatic carbocycles. The van der Waals surface area contributed by atoms with E-state index in [4.69, 9.17) is 5.73 Å². The van der Waals surface area contributed by atoms with E-state index in [9.17, 15) is 14.4 Å². The highest BCUT2D eigenvalue weighted by Crippen LogP contribution is 1.99. The largest absolute Gasteiger partial charge is 0.375 e. The lowest BCUT2D eigenvalue weighted by atomic mass is 10.3. The lowest BCUT2D eigenvalue weighted by Crippen LogP contribution is -2.40. The van der Waals surface area contributed by atoms with Gasteiger partial charge in [0.25, 0.3) is 0 Å². The highest BCUT2D eigenvalue weighted by atomic mass is 28.2. The molecule has 1 heterocycles. The molecular weight excluding hydrogens is 175 g/mol. The number of amides is 3. The molecule has 62 valence electrons. The minimum atomic E-state index is -1.16. The fraction of sp³-hybridized carbons (Fsp3) is 0. The average molecular weight is 182 g/mol. The van der Waals surface area contributed by atoms with Gasteiger partial charge in [0.1, 0.15) is 9.39 Å². The number of nitrogens with zero attached hydrogens (tertiary/aromatic N) is 1. The molecule has 3 amide bonds. The van der Waals surface area contributed by atoms with Gasteiger partial charge in [0.15, 0.2) is 5.53 Å². The molecule has 1 aliphatic heterocycles. The second kappa shape index (κ2) is 3.35. The fourth-order valence-corrected chi connectivity index (χ4v) is 1.76. The van der Waals surface area contributed by atoms with E-state index in [2.05, 4.69) is 0 Å². The molecular formula is C5H7BN2O3Si.